The summed E-state index contributed by atoms with van der Waals surface area (Å²) in [5, 5.41) is 10.7. The molecular formula is C27H29N3O3. The largest absolute Gasteiger partial charge is 0.501 e. The smallest absolute Gasteiger partial charge is 0.316 e. The predicted octanol–water partition coefficient (Wildman–Crippen LogP) is 4.37. The van der Waals surface area contributed by atoms with Gasteiger partial charge in [-0.25, -0.2) is 0 Å². The molecule has 0 spiro atoms. The number of benzene rings is 1. The van der Waals surface area contributed by atoms with Crippen LogP contribution >= 0.6 is 0 Å². The van der Waals surface area contributed by atoms with E-state index in [9.17, 15) is 14.7 Å². The van der Waals surface area contributed by atoms with Crippen LogP contribution in [0, 0.1) is 0 Å². The van der Waals surface area contributed by atoms with E-state index in [1.54, 1.807) is 9.47 Å². The third-order valence-electron chi connectivity index (χ3n) is 7.26. The van der Waals surface area contributed by atoms with Gasteiger partial charge in [0.25, 0.3) is 5.91 Å². The Morgan fingerprint density at radius 2 is 2.03 bits per heavy atom. The second-order valence-corrected chi connectivity index (χ2v) is 9.42. The first-order chi connectivity index (χ1) is 15.9. The Morgan fingerprint density at radius 3 is 2.79 bits per heavy atom. The SMILES string of the molecule is C=Cc1nc(=O)c(O)c2n1C(C1CC3=C(CCC=C3)Cc3ccccc31)CN(C(C)C)C2=O. The first-order valence-electron chi connectivity index (χ1n) is 11.6. The van der Waals surface area contributed by atoms with E-state index < -0.39 is 11.3 Å². The third kappa shape index (κ3) is 3.45. The molecule has 33 heavy (non-hydrogen) atoms. The molecule has 6 heteroatoms. The molecular weight excluding hydrogens is 414 g/mol. The van der Waals surface area contributed by atoms with Gasteiger partial charge in [0.05, 0.1) is 6.04 Å². The molecule has 0 radical (unpaired) electrons. The fraction of sp³-hybridized carbons (Fsp3) is 0.370. The van der Waals surface area contributed by atoms with Gasteiger partial charge in [0.15, 0.2) is 5.69 Å². The van der Waals surface area contributed by atoms with Crippen molar-refractivity contribution in [3.05, 3.63) is 87.1 Å². The van der Waals surface area contributed by atoms with Gasteiger partial charge in [-0.15, -0.1) is 0 Å². The maximum Gasteiger partial charge on any atom is 0.316 e. The molecule has 0 saturated carbocycles. The van der Waals surface area contributed by atoms with Crippen LogP contribution in [0.4, 0.5) is 0 Å². The van der Waals surface area contributed by atoms with Gasteiger partial charge in [0.1, 0.15) is 5.82 Å². The van der Waals surface area contributed by atoms with Crippen molar-refractivity contribution in [2.45, 2.75) is 57.5 Å². The zero-order valence-corrected chi connectivity index (χ0v) is 19.1. The van der Waals surface area contributed by atoms with E-state index in [1.165, 1.54) is 28.3 Å². The van der Waals surface area contributed by atoms with Crippen molar-refractivity contribution in [1.82, 2.24) is 14.5 Å². The Bertz CT molecular complexity index is 1270. The van der Waals surface area contributed by atoms with Gasteiger partial charge in [-0.05, 0) is 62.3 Å². The maximum absolute atomic E-state index is 13.4. The minimum atomic E-state index is -0.796. The zero-order chi connectivity index (χ0) is 23.3. The number of aromatic nitrogens is 2. The molecule has 1 amide bonds. The van der Waals surface area contributed by atoms with Crippen molar-refractivity contribution in [2.75, 3.05) is 6.54 Å². The standard InChI is InChI=1S/C27H29N3O3/c1-4-23-28-26(32)25(31)24-27(33)29(16(2)3)15-22(30(23)24)21-14-18-10-6-5-9-17(18)13-19-11-7-8-12-20(19)21/h4,6-8,10-12,16,21-22,31H,1,5,9,13-15H2,2-3H3. The summed E-state index contributed by atoms with van der Waals surface area (Å²) in [6, 6.07) is 8.25. The Balaban J connectivity index is 1.76. The maximum atomic E-state index is 13.4. The molecule has 1 aromatic carbocycles. The molecule has 170 valence electrons. The fourth-order valence-corrected chi connectivity index (χ4v) is 5.63. The highest BCUT2D eigenvalue weighted by atomic mass is 16.3. The van der Waals surface area contributed by atoms with Gasteiger partial charge < -0.3 is 14.6 Å². The molecule has 1 N–H and O–H groups in total. The van der Waals surface area contributed by atoms with Crippen molar-refractivity contribution < 1.29 is 9.90 Å². The molecule has 2 heterocycles. The molecule has 0 bridgehead atoms. The summed E-state index contributed by atoms with van der Waals surface area (Å²) in [4.78, 5) is 31.6. The van der Waals surface area contributed by atoms with E-state index in [4.69, 9.17) is 0 Å². The lowest BCUT2D eigenvalue weighted by Crippen LogP contribution is -2.49. The van der Waals surface area contributed by atoms with Crippen LogP contribution in [-0.2, 0) is 6.42 Å². The summed E-state index contributed by atoms with van der Waals surface area (Å²) < 4.78 is 1.77. The molecule has 0 fully saturated rings. The molecule has 6 nitrogen and oxygen atoms in total. The molecule has 0 saturated heterocycles. The minimum absolute atomic E-state index is 0.0185. The molecule has 5 rings (SSSR count). The minimum Gasteiger partial charge on any atom is -0.501 e. The lowest BCUT2D eigenvalue weighted by Gasteiger charge is -2.42. The van der Waals surface area contributed by atoms with Crippen molar-refractivity contribution >= 4 is 12.0 Å². The van der Waals surface area contributed by atoms with Crippen LogP contribution in [0.5, 0.6) is 5.75 Å². The van der Waals surface area contributed by atoms with E-state index >= 15 is 0 Å². The van der Waals surface area contributed by atoms with Crippen LogP contribution in [-0.4, -0.2) is 38.1 Å². The molecule has 2 aliphatic carbocycles. The number of carbonyl (C=O) groups is 1. The van der Waals surface area contributed by atoms with Crippen LogP contribution in [0.3, 0.4) is 0 Å². The zero-order valence-electron chi connectivity index (χ0n) is 19.1. The topological polar surface area (TPSA) is 75.4 Å². The van der Waals surface area contributed by atoms with Crippen LogP contribution in [0.25, 0.3) is 6.08 Å². The first kappa shape index (κ1) is 21.4. The van der Waals surface area contributed by atoms with Crippen molar-refractivity contribution in [1.29, 1.82) is 0 Å². The van der Waals surface area contributed by atoms with E-state index in [-0.39, 0.29) is 29.6 Å². The second-order valence-electron chi connectivity index (χ2n) is 9.42. The number of allylic oxidation sites excluding steroid dienone is 4. The van der Waals surface area contributed by atoms with Gasteiger partial charge >= 0.3 is 5.56 Å². The molecule has 2 aromatic rings. The monoisotopic (exact) mass is 443 g/mol. The number of rotatable bonds is 3. The molecule has 3 aliphatic rings. The molecule has 1 aliphatic heterocycles. The molecule has 1 aromatic heterocycles. The Hall–Kier alpha value is -3.41. The van der Waals surface area contributed by atoms with Crippen molar-refractivity contribution in [3.8, 4) is 5.75 Å². The quantitative estimate of drug-likeness (QED) is 0.764. The number of carbonyl (C=O) groups excluding carboxylic acids is 1. The highest BCUT2D eigenvalue weighted by Gasteiger charge is 2.41. The van der Waals surface area contributed by atoms with Crippen molar-refractivity contribution in [3.63, 3.8) is 0 Å². The molecule has 2 atom stereocenters. The lowest BCUT2D eigenvalue weighted by atomic mass is 9.82. The first-order valence-corrected chi connectivity index (χ1v) is 11.6. The van der Waals surface area contributed by atoms with Gasteiger partial charge in [0.2, 0.25) is 5.75 Å². The van der Waals surface area contributed by atoms with Crippen LogP contribution in [0.15, 0.2) is 58.9 Å². The average molecular weight is 444 g/mol. The third-order valence-corrected chi connectivity index (χ3v) is 7.26. The Labute approximate surface area is 193 Å². The number of hydrogen-bond acceptors (Lipinski definition) is 4. The number of nitrogens with zero attached hydrogens (tertiary/aromatic N) is 3. The fourth-order valence-electron chi connectivity index (χ4n) is 5.63. The van der Waals surface area contributed by atoms with Gasteiger partial charge in [0, 0.05) is 18.5 Å². The van der Waals surface area contributed by atoms with Gasteiger partial charge in [-0.3, -0.25) is 9.59 Å². The number of fused-ring (bicyclic) bond motifs is 2. The van der Waals surface area contributed by atoms with E-state index in [0.717, 1.165) is 25.7 Å². The summed E-state index contributed by atoms with van der Waals surface area (Å²) in [6.07, 6.45) is 9.89. The average Bonchev–Trinajstić information content (AvgIpc) is 2.97. The van der Waals surface area contributed by atoms with Crippen LogP contribution < -0.4 is 5.56 Å². The predicted molar refractivity (Wildman–Crippen MR) is 128 cm³/mol. The summed E-state index contributed by atoms with van der Waals surface area (Å²) >= 11 is 0. The normalized spacial score (nSPS) is 22.0. The summed E-state index contributed by atoms with van der Waals surface area (Å²) in [5.74, 6) is -0.558. The Kier molecular flexibility index (Phi) is 5.31. The Morgan fingerprint density at radius 1 is 1.24 bits per heavy atom. The van der Waals surface area contributed by atoms with E-state index in [0.29, 0.717) is 12.4 Å². The van der Waals surface area contributed by atoms with E-state index in [1.807, 2.05) is 13.8 Å². The number of hydrogen-bond donors (Lipinski definition) is 1. The highest BCUT2D eigenvalue weighted by molar-refractivity contribution is 5.96. The van der Waals surface area contributed by atoms with Crippen LogP contribution in [0.2, 0.25) is 0 Å². The highest BCUT2D eigenvalue weighted by Crippen LogP contribution is 2.45. The van der Waals surface area contributed by atoms with Crippen LogP contribution in [0.1, 0.15) is 72.5 Å². The van der Waals surface area contributed by atoms with Crippen molar-refractivity contribution in [2.24, 2.45) is 0 Å². The molecule has 2 unspecified atom stereocenters. The number of aromatic hydroxyl groups is 1. The van der Waals surface area contributed by atoms with Gasteiger partial charge in [-0.2, -0.15) is 4.98 Å². The van der Waals surface area contributed by atoms with E-state index in [2.05, 4.69) is 48.0 Å². The summed E-state index contributed by atoms with van der Waals surface area (Å²) in [7, 11) is 0. The second kappa shape index (κ2) is 8.18. The summed E-state index contributed by atoms with van der Waals surface area (Å²) in [5.41, 5.74) is 4.61. The lowest BCUT2D eigenvalue weighted by molar-refractivity contribution is 0.0576. The van der Waals surface area contributed by atoms with Gasteiger partial charge in [-0.1, -0.05) is 48.6 Å². The number of amides is 1. The summed E-state index contributed by atoms with van der Waals surface area (Å²) in [6.45, 7) is 8.24.